The van der Waals surface area contributed by atoms with Crippen molar-refractivity contribution in [1.29, 1.82) is 5.26 Å². The van der Waals surface area contributed by atoms with Crippen LogP contribution in [0.4, 0.5) is 5.69 Å². The number of anilines is 1. The van der Waals surface area contributed by atoms with Crippen molar-refractivity contribution >= 4 is 22.5 Å². The summed E-state index contributed by atoms with van der Waals surface area (Å²) in [4.78, 5) is 19.6. The molecule has 0 saturated carbocycles. The molecule has 23 heavy (non-hydrogen) atoms. The molecule has 2 N–H and O–H groups in total. The molecular formula is C18H16N4O. The van der Waals surface area contributed by atoms with Crippen LogP contribution in [0.5, 0.6) is 0 Å². The fraction of sp³-hybridized carbons (Fsp3) is 0.167. The largest absolute Gasteiger partial charge is 0.375 e. The van der Waals surface area contributed by atoms with E-state index in [0.717, 1.165) is 16.9 Å². The third-order valence-corrected chi connectivity index (χ3v) is 3.72. The molecule has 0 radical (unpaired) electrons. The quantitative estimate of drug-likeness (QED) is 0.718. The summed E-state index contributed by atoms with van der Waals surface area (Å²) < 4.78 is 0. The van der Waals surface area contributed by atoms with Gasteiger partial charge in [0.2, 0.25) is 0 Å². The predicted molar refractivity (Wildman–Crippen MR) is 89.3 cm³/mol. The van der Waals surface area contributed by atoms with Crippen LogP contribution in [0, 0.1) is 11.3 Å². The Hall–Kier alpha value is -3.13. The van der Waals surface area contributed by atoms with Gasteiger partial charge < -0.3 is 10.3 Å². The van der Waals surface area contributed by atoms with Crippen LogP contribution in [-0.2, 0) is 0 Å². The summed E-state index contributed by atoms with van der Waals surface area (Å²) in [6.45, 7) is 3.47. The van der Waals surface area contributed by atoms with Crippen molar-refractivity contribution in [2.45, 2.75) is 19.9 Å². The van der Waals surface area contributed by atoms with Gasteiger partial charge in [-0.2, -0.15) is 5.26 Å². The lowest BCUT2D eigenvalue weighted by Gasteiger charge is -2.15. The van der Waals surface area contributed by atoms with Gasteiger partial charge in [0, 0.05) is 11.3 Å². The lowest BCUT2D eigenvalue weighted by Crippen LogP contribution is -2.11. The molecule has 0 aliphatic rings. The van der Waals surface area contributed by atoms with E-state index in [4.69, 9.17) is 5.26 Å². The van der Waals surface area contributed by atoms with Crippen molar-refractivity contribution in [2.24, 2.45) is 0 Å². The van der Waals surface area contributed by atoms with Gasteiger partial charge in [0.25, 0.3) is 0 Å². The van der Waals surface area contributed by atoms with E-state index in [0.29, 0.717) is 16.8 Å². The Kier molecular flexibility index (Phi) is 3.82. The highest BCUT2D eigenvalue weighted by atomic mass is 16.1. The zero-order chi connectivity index (χ0) is 16.4. The topological polar surface area (TPSA) is 81.6 Å². The average Bonchev–Trinajstić information content (AvgIpc) is 2.98. The van der Waals surface area contributed by atoms with Crippen molar-refractivity contribution in [1.82, 2.24) is 9.97 Å². The maximum Gasteiger partial charge on any atom is 0.161 e. The molecule has 0 fully saturated rings. The first-order chi connectivity index (χ1) is 11.1. The lowest BCUT2D eigenvalue weighted by atomic mass is 10.1. The van der Waals surface area contributed by atoms with Gasteiger partial charge in [0.05, 0.1) is 28.7 Å². The first kappa shape index (κ1) is 14.8. The molecule has 3 aromatic rings. The number of para-hydroxylation sites is 2. The molecule has 114 valence electrons. The highest BCUT2D eigenvalue weighted by molar-refractivity contribution is 5.99. The number of aromatic amines is 1. The molecule has 0 aliphatic heterocycles. The van der Waals surface area contributed by atoms with Crippen LogP contribution in [0.15, 0.2) is 42.5 Å². The molecule has 0 spiro atoms. The number of benzene rings is 2. The number of hydrogen-bond acceptors (Lipinski definition) is 4. The molecule has 1 unspecified atom stereocenters. The van der Waals surface area contributed by atoms with Gasteiger partial charge >= 0.3 is 0 Å². The Morgan fingerprint density at radius 1 is 1.30 bits per heavy atom. The molecule has 0 aliphatic carbocycles. The number of nitrogens with zero attached hydrogens (tertiary/aromatic N) is 2. The van der Waals surface area contributed by atoms with E-state index in [9.17, 15) is 4.79 Å². The fourth-order valence-corrected chi connectivity index (χ4v) is 2.52. The van der Waals surface area contributed by atoms with Crippen LogP contribution in [-0.4, -0.2) is 15.8 Å². The molecule has 0 saturated heterocycles. The number of H-pyrrole nitrogens is 1. The maximum atomic E-state index is 11.8. The number of rotatable bonds is 4. The van der Waals surface area contributed by atoms with E-state index in [1.165, 1.54) is 6.92 Å². The molecule has 0 amide bonds. The molecule has 1 heterocycles. The number of imidazole rings is 1. The lowest BCUT2D eigenvalue weighted by molar-refractivity contribution is 0.101. The van der Waals surface area contributed by atoms with E-state index in [2.05, 4.69) is 21.4 Å². The standard InChI is InChI=1S/C18H16N4O/c1-11(18-21-15-5-3-4-6-16(15)22-18)20-17-9-13(10-19)7-8-14(17)12(2)23/h3-9,11,20H,1-2H3,(H,21,22). The SMILES string of the molecule is CC(=O)c1ccc(C#N)cc1NC(C)c1nc2ccccc2[nH]1. The second kappa shape index (κ2) is 5.93. The molecule has 5 heteroatoms. The number of Topliss-reactive ketones (excluding diaryl/α,β-unsaturated/α-hetero) is 1. The zero-order valence-corrected chi connectivity index (χ0v) is 12.9. The maximum absolute atomic E-state index is 11.8. The summed E-state index contributed by atoms with van der Waals surface area (Å²) in [5.41, 5.74) is 3.58. The number of carbonyl (C=O) groups excluding carboxylic acids is 1. The minimum absolute atomic E-state index is 0.0474. The number of ketones is 1. The van der Waals surface area contributed by atoms with Crippen LogP contribution in [0.2, 0.25) is 0 Å². The number of carbonyl (C=O) groups is 1. The van der Waals surface area contributed by atoms with E-state index in [-0.39, 0.29) is 11.8 Å². The van der Waals surface area contributed by atoms with Gasteiger partial charge in [-0.05, 0) is 44.2 Å². The van der Waals surface area contributed by atoms with Crippen molar-refractivity contribution < 1.29 is 4.79 Å². The van der Waals surface area contributed by atoms with Crippen molar-refractivity contribution in [2.75, 3.05) is 5.32 Å². The minimum Gasteiger partial charge on any atom is -0.375 e. The Balaban J connectivity index is 1.94. The molecule has 1 atom stereocenters. The van der Waals surface area contributed by atoms with E-state index in [1.54, 1.807) is 18.2 Å². The van der Waals surface area contributed by atoms with Gasteiger partial charge in [0.15, 0.2) is 5.78 Å². The summed E-state index contributed by atoms with van der Waals surface area (Å²) in [5, 5.41) is 12.3. The summed E-state index contributed by atoms with van der Waals surface area (Å²) in [6, 6.07) is 14.8. The Bertz CT molecular complexity index is 887. The smallest absolute Gasteiger partial charge is 0.161 e. The molecule has 3 rings (SSSR count). The van der Waals surface area contributed by atoms with Gasteiger partial charge in [-0.25, -0.2) is 4.98 Å². The summed E-state index contributed by atoms with van der Waals surface area (Å²) >= 11 is 0. The second-order valence-corrected chi connectivity index (χ2v) is 5.43. The average molecular weight is 304 g/mol. The predicted octanol–water partition coefficient (Wildman–Crippen LogP) is 3.81. The van der Waals surface area contributed by atoms with Crippen LogP contribution >= 0.6 is 0 Å². The van der Waals surface area contributed by atoms with E-state index in [1.807, 2.05) is 31.2 Å². The molecule has 5 nitrogen and oxygen atoms in total. The minimum atomic E-state index is -0.130. The first-order valence-electron chi connectivity index (χ1n) is 7.35. The van der Waals surface area contributed by atoms with Crippen LogP contribution < -0.4 is 5.32 Å². The summed E-state index contributed by atoms with van der Waals surface area (Å²) in [6.07, 6.45) is 0. The number of nitriles is 1. The third kappa shape index (κ3) is 2.92. The van der Waals surface area contributed by atoms with E-state index < -0.39 is 0 Å². The van der Waals surface area contributed by atoms with Crippen molar-refractivity contribution in [3.8, 4) is 6.07 Å². The highest BCUT2D eigenvalue weighted by Crippen LogP contribution is 2.24. The van der Waals surface area contributed by atoms with Crippen molar-refractivity contribution in [3.05, 3.63) is 59.4 Å². The van der Waals surface area contributed by atoms with Gasteiger partial charge in [-0.1, -0.05) is 12.1 Å². The number of fused-ring (bicyclic) bond motifs is 1. The Morgan fingerprint density at radius 2 is 2.09 bits per heavy atom. The summed E-state index contributed by atoms with van der Waals surface area (Å²) in [7, 11) is 0. The van der Waals surface area contributed by atoms with Crippen LogP contribution in [0.1, 0.15) is 41.6 Å². The van der Waals surface area contributed by atoms with Gasteiger partial charge in [-0.15, -0.1) is 0 Å². The summed E-state index contributed by atoms with van der Waals surface area (Å²) in [5.74, 6) is 0.733. The monoisotopic (exact) mass is 304 g/mol. The number of nitrogens with one attached hydrogen (secondary N) is 2. The zero-order valence-electron chi connectivity index (χ0n) is 12.9. The molecular weight excluding hydrogens is 288 g/mol. The van der Waals surface area contributed by atoms with Gasteiger partial charge in [-0.3, -0.25) is 4.79 Å². The van der Waals surface area contributed by atoms with Gasteiger partial charge in [0.1, 0.15) is 5.82 Å². The molecule has 2 aromatic carbocycles. The Labute approximate surface area is 134 Å². The molecule has 0 bridgehead atoms. The van der Waals surface area contributed by atoms with Crippen LogP contribution in [0.3, 0.4) is 0 Å². The Morgan fingerprint density at radius 3 is 2.78 bits per heavy atom. The van der Waals surface area contributed by atoms with E-state index >= 15 is 0 Å². The molecule has 1 aromatic heterocycles. The second-order valence-electron chi connectivity index (χ2n) is 5.43. The fourth-order valence-electron chi connectivity index (χ4n) is 2.52. The van der Waals surface area contributed by atoms with Crippen LogP contribution in [0.25, 0.3) is 11.0 Å². The number of hydrogen-bond donors (Lipinski definition) is 2. The highest BCUT2D eigenvalue weighted by Gasteiger charge is 2.14. The van der Waals surface area contributed by atoms with Crippen molar-refractivity contribution in [3.63, 3.8) is 0 Å². The third-order valence-electron chi connectivity index (χ3n) is 3.72. The normalized spacial score (nSPS) is 11.9. The number of aromatic nitrogens is 2. The first-order valence-corrected chi connectivity index (χ1v) is 7.35.